The number of aromatic amines is 1. The van der Waals surface area contributed by atoms with Crippen molar-refractivity contribution in [2.75, 3.05) is 5.32 Å². The van der Waals surface area contributed by atoms with Gasteiger partial charge in [0.25, 0.3) is 0 Å². The lowest BCUT2D eigenvalue weighted by atomic mass is 10.1. The van der Waals surface area contributed by atoms with Gasteiger partial charge in [0, 0.05) is 12.1 Å². The largest absolute Gasteiger partial charge is 0.373 e. The lowest BCUT2D eigenvalue weighted by Crippen LogP contribution is -2.38. The Labute approximate surface area is 115 Å². The van der Waals surface area contributed by atoms with E-state index in [4.69, 9.17) is 0 Å². The quantitative estimate of drug-likeness (QED) is 0.750. The Balaban J connectivity index is 0.00000133. The van der Waals surface area contributed by atoms with E-state index in [1.165, 1.54) is 0 Å². The Morgan fingerprint density at radius 2 is 2.26 bits per heavy atom. The Morgan fingerprint density at radius 1 is 1.42 bits per heavy atom. The van der Waals surface area contributed by atoms with Crippen LogP contribution in [0.5, 0.6) is 0 Å². The van der Waals surface area contributed by atoms with E-state index in [-0.39, 0.29) is 30.9 Å². The maximum absolute atomic E-state index is 11.9. The molecule has 0 fully saturated rings. The summed E-state index contributed by atoms with van der Waals surface area (Å²) >= 11 is 0. The molecule has 3 rings (SSSR count). The van der Waals surface area contributed by atoms with Gasteiger partial charge in [-0.3, -0.25) is 4.79 Å². The van der Waals surface area contributed by atoms with Gasteiger partial charge >= 0.3 is 0 Å². The number of carbonyl (C=O) groups is 1. The third-order valence-corrected chi connectivity index (χ3v) is 2.90. The number of aromatic nitrogens is 4. The second-order valence-corrected chi connectivity index (χ2v) is 4.10. The van der Waals surface area contributed by atoms with Crippen LogP contribution < -0.4 is 10.6 Å². The average molecular weight is 281 g/mol. The maximum atomic E-state index is 11.9. The van der Waals surface area contributed by atoms with E-state index in [9.17, 15) is 4.79 Å². The van der Waals surface area contributed by atoms with Crippen LogP contribution in [0.3, 0.4) is 0 Å². The molecule has 0 aliphatic carbocycles. The summed E-state index contributed by atoms with van der Waals surface area (Å²) in [4.78, 5) is 11.9. The summed E-state index contributed by atoms with van der Waals surface area (Å²) in [6, 6.07) is 7.69. The number of H-pyrrole nitrogens is 1. The first-order chi connectivity index (χ1) is 8.83. The van der Waals surface area contributed by atoms with Crippen molar-refractivity contribution in [1.82, 2.24) is 25.9 Å². The number of nitrogens with zero attached hydrogens (tertiary/aromatic N) is 3. The van der Waals surface area contributed by atoms with Crippen LogP contribution in [0.2, 0.25) is 0 Å². The van der Waals surface area contributed by atoms with Gasteiger partial charge < -0.3 is 10.6 Å². The van der Waals surface area contributed by atoms with Crippen LogP contribution >= 0.6 is 12.4 Å². The second-order valence-electron chi connectivity index (χ2n) is 4.10. The second kappa shape index (κ2) is 5.66. The highest BCUT2D eigenvalue weighted by molar-refractivity contribution is 5.87. The Morgan fingerprint density at radius 3 is 3.00 bits per heavy atom. The van der Waals surface area contributed by atoms with Gasteiger partial charge in [-0.1, -0.05) is 23.4 Å². The van der Waals surface area contributed by atoms with E-state index < -0.39 is 0 Å². The maximum Gasteiger partial charge on any atom is 0.243 e. The van der Waals surface area contributed by atoms with Crippen LogP contribution in [0, 0.1) is 0 Å². The minimum atomic E-state index is -0.227. The Kier molecular flexibility index (Phi) is 3.96. The number of hydrogen-bond acceptors (Lipinski definition) is 5. The number of tetrazole rings is 1. The molecule has 3 N–H and O–H groups in total. The first-order valence-electron chi connectivity index (χ1n) is 5.67. The molecule has 1 unspecified atom stereocenters. The van der Waals surface area contributed by atoms with E-state index in [0.717, 1.165) is 11.3 Å². The van der Waals surface area contributed by atoms with Gasteiger partial charge in [0.2, 0.25) is 5.91 Å². The molecular weight excluding hydrogens is 268 g/mol. The molecule has 1 aromatic heterocycles. The zero-order valence-electron chi connectivity index (χ0n) is 9.96. The number of fused-ring (bicyclic) bond motifs is 1. The normalized spacial score (nSPS) is 16.1. The molecule has 100 valence electrons. The first kappa shape index (κ1) is 13.3. The van der Waals surface area contributed by atoms with Crippen LogP contribution in [0.15, 0.2) is 24.3 Å². The number of hydrogen-bond donors (Lipinski definition) is 3. The Bertz CT molecular complexity index is 533. The van der Waals surface area contributed by atoms with Crippen molar-refractivity contribution in [1.29, 1.82) is 0 Å². The zero-order chi connectivity index (χ0) is 12.4. The molecule has 0 spiro atoms. The smallest absolute Gasteiger partial charge is 0.243 e. The van der Waals surface area contributed by atoms with Crippen molar-refractivity contribution >= 4 is 24.0 Å². The minimum Gasteiger partial charge on any atom is -0.373 e. The third-order valence-electron chi connectivity index (χ3n) is 2.90. The van der Waals surface area contributed by atoms with Gasteiger partial charge in [-0.15, -0.1) is 22.6 Å². The molecule has 1 atom stereocenters. The van der Waals surface area contributed by atoms with Gasteiger partial charge in [-0.05, 0) is 11.6 Å². The molecule has 0 bridgehead atoms. The highest BCUT2D eigenvalue weighted by Crippen LogP contribution is 2.24. The number of para-hydroxylation sites is 1. The predicted octanol–water partition coefficient (Wildman–Crippen LogP) is 0.274. The highest BCUT2D eigenvalue weighted by atomic mass is 35.5. The summed E-state index contributed by atoms with van der Waals surface area (Å²) in [7, 11) is 0. The van der Waals surface area contributed by atoms with Gasteiger partial charge in [-0.25, -0.2) is 0 Å². The minimum absolute atomic E-state index is 0. The van der Waals surface area contributed by atoms with Gasteiger partial charge in [0.15, 0.2) is 5.82 Å². The number of amides is 1. The van der Waals surface area contributed by atoms with E-state index >= 15 is 0 Å². The summed E-state index contributed by atoms with van der Waals surface area (Å²) in [6.07, 6.45) is 0.703. The summed E-state index contributed by atoms with van der Waals surface area (Å²) in [5.74, 6) is 0.412. The molecule has 2 heterocycles. The molecule has 1 aliphatic rings. The summed E-state index contributed by atoms with van der Waals surface area (Å²) < 4.78 is 0. The molecular formula is C11H13ClN6O. The Hall–Kier alpha value is -2.15. The molecule has 1 aromatic carbocycles. The lowest BCUT2D eigenvalue weighted by Gasteiger charge is -2.10. The molecule has 19 heavy (non-hydrogen) atoms. The summed E-state index contributed by atoms with van der Waals surface area (Å²) in [5, 5.41) is 19.3. The summed E-state index contributed by atoms with van der Waals surface area (Å²) in [6.45, 7) is 0.282. The van der Waals surface area contributed by atoms with E-state index in [1.54, 1.807) is 0 Å². The number of benzene rings is 1. The molecule has 0 saturated heterocycles. The van der Waals surface area contributed by atoms with Crippen molar-refractivity contribution in [2.45, 2.75) is 19.0 Å². The fourth-order valence-electron chi connectivity index (χ4n) is 2.00. The van der Waals surface area contributed by atoms with E-state index in [0.29, 0.717) is 12.2 Å². The van der Waals surface area contributed by atoms with Crippen molar-refractivity contribution in [3.63, 3.8) is 0 Å². The molecule has 1 amide bonds. The van der Waals surface area contributed by atoms with Gasteiger partial charge in [-0.2, -0.15) is 5.21 Å². The molecule has 7 nitrogen and oxygen atoms in total. The van der Waals surface area contributed by atoms with Crippen LogP contribution in [0.1, 0.15) is 11.4 Å². The number of rotatable bonds is 3. The fourth-order valence-corrected chi connectivity index (χ4v) is 2.00. The lowest BCUT2D eigenvalue weighted by molar-refractivity contribution is -0.121. The van der Waals surface area contributed by atoms with Crippen LogP contribution in [-0.4, -0.2) is 32.6 Å². The first-order valence-corrected chi connectivity index (χ1v) is 5.67. The summed E-state index contributed by atoms with van der Waals surface area (Å²) in [5.41, 5.74) is 2.19. The highest BCUT2D eigenvalue weighted by Gasteiger charge is 2.26. The van der Waals surface area contributed by atoms with Crippen LogP contribution in [0.25, 0.3) is 0 Å². The number of anilines is 1. The van der Waals surface area contributed by atoms with Gasteiger partial charge in [0.05, 0.1) is 6.54 Å². The molecule has 0 radical (unpaired) electrons. The SMILES string of the molecule is Cl.O=C(NCc1nn[nH]n1)C1Cc2ccccc2N1. The molecule has 8 heteroatoms. The van der Waals surface area contributed by atoms with E-state index in [1.807, 2.05) is 24.3 Å². The van der Waals surface area contributed by atoms with Crippen LogP contribution in [-0.2, 0) is 17.8 Å². The number of nitrogens with one attached hydrogen (secondary N) is 3. The number of carbonyl (C=O) groups excluding carboxylic acids is 1. The van der Waals surface area contributed by atoms with Crippen LogP contribution in [0.4, 0.5) is 5.69 Å². The predicted molar refractivity (Wildman–Crippen MR) is 70.8 cm³/mol. The zero-order valence-corrected chi connectivity index (χ0v) is 10.8. The topological polar surface area (TPSA) is 95.6 Å². The molecule has 2 aromatic rings. The standard InChI is InChI=1S/C11H12N6O.ClH/c18-11(12-6-10-14-16-17-15-10)9-5-7-3-1-2-4-8(7)13-9;/h1-4,9,13H,5-6H2,(H,12,18)(H,14,15,16,17);1H. The van der Waals surface area contributed by atoms with Crippen molar-refractivity contribution in [2.24, 2.45) is 0 Å². The third kappa shape index (κ3) is 2.82. The van der Waals surface area contributed by atoms with Crippen molar-refractivity contribution in [3.05, 3.63) is 35.7 Å². The van der Waals surface area contributed by atoms with Crippen molar-refractivity contribution < 1.29 is 4.79 Å². The monoisotopic (exact) mass is 280 g/mol. The fraction of sp³-hybridized carbons (Fsp3) is 0.273. The average Bonchev–Trinajstić information content (AvgIpc) is 3.04. The number of halogens is 1. The van der Waals surface area contributed by atoms with Gasteiger partial charge in [0.1, 0.15) is 6.04 Å². The molecule has 1 aliphatic heterocycles. The van der Waals surface area contributed by atoms with Crippen molar-refractivity contribution in [3.8, 4) is 0 Å². The molecule has 0 saturated carbocycles. The van der Waals surface area contributed by atoms with E-state index in [2.05, 4.69) is 31.3 Å².